The molecule has 3 nitrogen and oxygen atoms in total. The van der Waals surface area contributed by atoms with Crippen LogP contribution in [0.1, 0.15) is 12.0 Å². The minimum absolute atomic E-state index is 0.255. The lowest BCUT2D eigenvalue weighted by Crippen LogP contribution is -2.32. The third-order valence-corrected chi connectivity index (χ3v) is 2.95. The molecule has 1 aliphatic heterocycles. The fourth-order valence-corrected chi connectivity index (χ4v) is 1.97. The van der Waals surface area contributed by atoms with E-state index in [-0.39, 0.29) is 5.78 Å². The van der Waals surface area contributed by atoms with Crippen molar-refractivity contribution in [2.75, 3.05) is 27.2 Å². The van der Waals surface area contributed by atoms with Crippen LogP contribution in [0.2, 0.25) is 0 Å². The zero-order chi connectivity index (χ0) is 12.3. The van der Waals surface area contributed by atoms with Crippen molar-refractivity contribution < 1.29 is 9.53 Å². The predicted octanol–water partition coefficient (Wildman–Crippen LogP) is 1.98. The summed E-state index contributed by atoms with van der Waals surface area (Å²) in [5.74, 6) is 1.07. The summed E-state index contributed by atoms with van der Waals surface area (Å²) in [6.07, 6.45) is 2.58. The molecule has 0 radical (unpaired) electrons. The number of hydrogen-bond acceptors (Lipinski definition) is 3. The van der Waals surface area contributed by atoms with Crippen molar-refractivity contribution in [1.82, 2.24) is 4.90 Å². The highest BCUT2D eigenvalue weighted by Gasteiger charge is 2.18. The second-order valence-electron chi connectivity index (χ2n) is 4.36. The van der Waals surface area contributed by atoms with Gasteiger partial charge in [0.25, 0.3) is 0 Å². The number of likely N-dealkylation sites (tertiary alicyclic amines) is 1. The van der Waals surface area contributed by atoms with E-state index in [2.05, 4.69) is 4.90 Å². The topological polar surface area (TPSA) is 29.5 Å². The van der Waals surface area contributed by atoms with E-state index in [1.54, 1.807) is 7.11 Å². The maximum Gasteiger partial charge on any atom is 0.161 e. The van der Waals surface area contributed by atoms with Crippen molar-refractivity contribution in [3.8, 4) is 5.75 Å². The number of nitrogens with zero attached hydrogens (tertiary/aromatic N) is 1. The molecule has 0 unspecified atom stereocenters. The van der Waals surface area contributed by atoms with E-state index in [4.69, 9.17) is 4.74 Å². The smallest absolute Gasteiger partial charge is 0.161 e. The van der Waals surface area contributed by atoms with E-state index in [9.17, 15) is 4.79 Å². The average Bonchev–Trinajstić information content (AvgIpc) is 2.34. The SMILES string of the molecule is COc1cccc(/C=C2\CN(C)CCC2=O)c1. The Morgan fingerprint density at radius 3 is 3.00 bits per heavy atom. The van der Waals surface area contributed by atoms with Gasteiger partial charge in [-0.25, -0.2) is 0 Å². The molecule has 0 spiro atoms. The van der Waals surface area contributed by atoms with Gasteiger partial charge in [-0.1, -0.05) is 12.1 Å². The highest BCUT2D eigenvalue weighted by atomic mass is 16.5. The quantitative estimate of drug-likeness (QED) is 0.729. The van der Waals surface area contributed by atoms with Crippen LogP contribution < -0.4 is 4.74 Å². The van der Waals surface area contributed by atoms with E-state index in [1.165, 1.54) is 0 Å². The molecule has 2 rings (SSSR count). The van der Waals surface area contributed by atoms with E-state index >= 15 is 0 Å². The van der Waals surface area contributed by atoms with E-state index in [1.807, 2.05) is 37.4 Å². The van der Waals surface area contributed by atoms with Crippen molar-refractivity contribution in [2.45, 2.75) is 6.42 Å². The van der Waals surface area contributed by atoms with Crippen molar-refractivity contribution in [3.63, 3.8) is 0 Å². The van der Waals surface area contributed by atoms with E-state index in [0.29, 0.717) is 6.42 Å². The summed E-state index contributed by atoms with van der Waals surface area (Å²) >= 11 is 0. The Hall–Kier alpha value is -1.61. The number of ketones is 1. The number of Topliss-reactive ketones (excluding diaryl/α,β-unsaturated/α-hetero) is 1. The molecule has 0 N–H and O–H groups in total. The van der Waals surface area contributed by atoms with Crippen molar-refractivity contribution in [1.29, 1.82) is 0 Å². The highest BCUT2D eigenvalue weighted by Crippen LogP contribution is 2.18. The first-order chi connectivity index (χ1) is 8.19. The number of likely N-dealkylation sites (N-methyl/N-ethyl adjacent to an activating group) is 1. The second-order valence-corrected chi connectivity index (χ2v) is 4.36. The average molecular weight is 231 g/mol. The van der Waals surface area contributed by atoms with Crippen LogP contribution in [0.15, 0.2) is 29.8 Å². The van der Waals surface area contributed by atoms with Gasteiger partial charge in [0.05, 0.1) is 7.11 Å². The number of benzene rings is 1. The molecule has 0 amide bonds. The first-order valence-electron chi connectivity index (χ1n) is 5.75. The Labute approximate surface area is 102 Å². The predicted molar refractivity (Wildman–Crippen MR) is 68.1 cm³/mol. The summed E-state index contributed by atoms with van der Waals surface area (Å²) in [5.41, 5.74) is 1.90. The molecular weight excluding hydrogens is 214 g/mol. The Morgan fingerprint density at radius 2 is 2.24 bits per heavy atom. The molecule has 3 heteroatoms. The number of piperidine rings is 1. The van der Waals surface area contributed by atoms with Crippen LogP contribution in [0.3, 0.4) is 0 Å². The van der Waals surface area contributed by atoms with Gasteiger partial charge in [-0.2, -0.15) is 0 Å². The third-order valence-electron chi connectivity index (χ3n) is 2.95. The van der Waals surface area contributed by atoms with Gasteiger partial charge in [0.15, 0.2) is 5.78 Å². The first-order valence-corrected chi connectivity index (χ1v) is 5.75. The fraction of sp³-hybridized carbons (Fsp3) is 0.357. The maximum absolute atomic E-state index is 11.8. The lowest BCUT2D eigenvalue weighted by molar-refractivity contribution is -0.117. The molecule has 17 heavy (non-hydrogen) atoms. The second kappa shape index (κ2) is 5.15. The normalized spacial score (nSPS) is 19.6. The Bertz CT molecular complexity index is 451. The van der Waals surface area contributed by atoms with Gasteiger partial charge in [-0.3, -0.25) is 4.79 Å². The van der Waals surface area contributed by atoms with Crippen LogP contribution in [-0.2, 0) is 4.79 Å². The molecule has 0 bridgehead atoms. The summed E-state index contributed by atoms with van der Waals surface area (Å²) in [6, 6.07) is 7.76. The summed E-state index contributed by atoms with van der Waals surface area (Å²) in [6.45, 7) is 1.59. The van der Waals surface area contributed by atoms with Gasteiger partial charge < -0.3 is 9.64 Å². The van der Waals surface area contributed by atoms with Gasteiger partial charge in [0, 0.05) is 25.1 Å². The van der Waals surface area contributed by atoms with E-state index in [0.717, 1.165) is 30.0 Å². The van der Waals surface area contributed by atoms with Crippen LogP contribution in [-0.4, -0.2) is 37.9 Å². The summed E-state index contributed by atoms with van der Waals surface area (Å²) in [4.78, 5) is 13.9. The lowest BCUT2D eigenvalue weighted by Gasteiger charge is -2.23. The molecule has 1 fully saturated rings. The van der Waals surface area contributed by atoms with Crippen LogP contribution in [0.25, 0.3) is 6.08 Å². The van der Waals surface area contributed by atoms with Crippen molar-refractivity contribution in [3.05, 3.63) is 35.4 Å². The minimum atomic E-state index is 0.255. The zero-order valence-corrected chi connectivity index (χ0v) is 10.3. The zero-order valence-electron chi connectivity index (χ0n) is 10.3. The lowest BCUT2D eigenvalue weighted by atomic mass is 10.0. The highest BCUT2D eigenvalue weighted by molar-refractivity contribution is 6.00. The van der Waals surface area contributed by atoms with Gasteiger partial charge >= 0.3 is 0 Å². The number of methoxy groups -OCH3 is 1. The van der Waals surface area contributed by atoms with Crippen LogP contribution in [0.5, 0.6) is 5.75 Å². The molecule has 0 aliphatic carbocycles. The molecule has 1 aromatic rings. The number of hydrogen-bond donors (Lipinski definition) is 0. The standard InChI is InChI=1S/C14H17NO2/c1-15-7-6-14(16)12(10-15)8-11-4-3-5-13(9-11)17-2/h3-5,8-9H,6-7,10H2,1-2H3/b12-8+. The molecule has 0 saturated carbocycles. The van der Waals surface area contributed by atoms with Crippen LogP contribution in [0.4, 0.5) is 0 Å². The summed E-state index contributed by atoms with van der Waals surface area (Å²) in [7, 11) is 3.68. The molecule has 1 saturated heterocycles. The fourth-order valence-electron chi connectivity index (χ4n) is 1.97. The molecule has 0 atom stereocenters. The minimum Gasteiger partial charge on any atom is -0.497 e. The Balaban J connectivity index is 2.24. The van der Waals surface area contributed by atoms with Gasteiger partial charge in [0.1, 0.15) is 5.75 Å². The van der Waals surface area contributed by atoms with E-state index < -0.39 is 0 Å². The summed E-state index contributed by atoms with van der Waals surface area (Å²) < 4.78 is 5.17. The molecule has 1 aliphatic rings. The molecular formula is C14H17NO2. The van der Waals surface area contributed by atoms with Gasteiger partial charge in [0.2, 0.25) is 0 Å². The number of carbonyl (C=O) groups excluding carboxylic acids is 1. The molecule has 0 aromatic heterocycles. The van der Waals surface area contributed by atoms with Gasteiger partial charge in [-0.05, 0) is 30.8 Å². The molecule has 1 heterocycles. The van der Waals surface area contributed by atoms with Crippen molar-refractivity contribution in [2.24, 2.45) is 0 Å². The number of carbonyl (C=O) groups is 1. The van der Waals surface area contributed by atoms with Gasteiger partial charge in [-0.15, -0.1) is 0 Å². The van der Waals surface area contributed by atoms with Crippen molar-refractivity contribution >= 4 is 11.9 Å². The number of rotatable bonds is 2. The van der Waals surface area contributed by atoms with Crippen LogP contribution >= 0.6 is 0 Å². The molecule has 1 aromatic carbocycles. The monoisotopic (exact) mass is 231 g/mol. The van der Waals surface area contributed by atoms with Crippen LogP contribution in [0, 0.1) is 0 Å². The largest absolute Gasteiger partial charge is 0.497 e. The first kappa shape index (κ1) is 11.9. The Kier molecular flexibility index (Phi) is 3.59. The number of ether oxygens (including phenoxy) is 1. The summed E-state index contributed by atoms with van der Waals surface area (Å²) in [5, 5.41) is 0. The third kappa shape index (κ3) is 2.94. The maximum atomic E-state index is 11.8. The molecule has 90 valence electrons. The Morgan fingerprint density at radius 1 is 1.41 bits per heavy atom.